The fraction of sp³-hybridized carbons (Fsp3) is 0.571. The summed E-state index contributed by atoms with van der Waals surface area (Å²) in [6, 6.07) is 2.06. The maximum Gasteiger partial charge on any atom is 0.268 e. The van der Waals surface area contributed by atoms with Gasteiger partial charge in [-0.3, -0.25) is 0 Å². The van der Waals surface area contributed by atoms with E-state index >= 15 is 0 Å². The lowest BCUT2D eigenvalue weighted by Gasteiger charge is -2.33. The Balaban J connectivity index is 1.91. The van der Waals surface area contributed by atoms with Gasteiger partial charge in [-0.1, -0.05) is 24.9 Å². The molecule has 2 heterocycles. The van der Waals surface area contributed by atoms with E-state index < -0.39 is 5.54 Å². The van der Waals surface area contributed by atoms with Crippen LogP contribution in [0.5, 0.6) is 0 Å². The first kappa shape index (κ1) is 12.8. The summed E-state index contributed by atoms with van der Waals surface area (Å²) in [5.74, 6) is 1.90. The monoisotopic (exact) mass is 277 g/mol. The maximum absolute atomic E-state index is 6.49. The van der Waals surface area contributed by atoms with Crippen LogP contribution in [0.4, 0.5) is 0 Å². The second-order valence-electron chi connectivity index (χ2n) is 5.71. The van der Waals surface area contributed by atoms with E-state index in [1.807, 2.05) is 5.38 Å². The number of thiophene rings is 1. The first-order valence-electron chi connectivity index (χ1n) is 6.76. The Bertz CT molecular complexity index is 577. The van der Waals surface area contributed by atoms with Crippen LogP contribution in [0.25, 0.3) is 10.8 Å². The fourth-order valence-electron chi connectivity index (χ4n) is 2.90. The normalized spacial score (nSPS) is 27.6. The molecule has 2 N–H and O–H groups in total. The smallest absolute Gasteiger partial charge is 0.268 e. The summed E-state index contributed by atoms with van der Waals surface area (Å²) in [5, 5.41) is 6.18. The number of nitrogens with two attached hydrogens (primary N) is 1. The lowest BCUT2D eigenvalue weighted by molar-refractivity contribution is 0.222. The molecule has 1 saturated carbocycles. The number of hydrogen-bond acceptors (Lipinski definition) is 5. The summed E-state index contributed by atoms with van der Waals surface area (Å²) in [6.07, 6.45) is 4.27. The van der Waals surface area contributed by atoms with E-state index in [0.717, 1.165) is 24.1 Å². The molecule has 19 heavy (non-hydrogen) atoms. The third-order valence-electron chi connectivity index (χ3n) is 3.96. The van der Waals surface area contributed by atoms with Crippen molar-refractivity contribution in [2.45, 2.75) is 45.1 Å². The molecule has 2 aromatic rings. The average molecular weight is 277 g/mol. The Labute approximate surface area is 117 Å². The van der Waals surface area contributed by atoms with E-state index in [2.05, 4.69) is 30.1 Å². The standard InChI is InChI=1S/C14H19N3OS/c1-9-4-3-6-14(15,8-9)13-16-12(18-17-13)11-10(2)5-7-19-11/h5,7,9H,3-4,6,8,15H2,1-2H3. The van der Waals surface area contributed by atoms with Crippen LogP contribution >= 0.6 is 11.3 Å². The second-order valence-corrected chi connectivity index (χ2v) is 6.63. The van der Waals surface area contributed by atoms with Gasteiger partial charge in [-0.15, -0.1) is 11.3 Å². The van der Waals surface area contributed by atoms with Gasteiger partial charge in [0.15, 0.2) is 5.82 Å². The average Bonchev–Trinajstić information content (AvgIpc) is 2.96. The van der Waals surface area contributed by atoms with Crippen molar-refractivity contribution in [1.82, 2.24) is 10.1 Å². The minimum Gasteiger partial charge on any atom is -0.333 e. The first-order chi connectivity index (χ1) is 9.08. The molecule has 2 atom stereocenters. The van der Waals surface area contributed by atoms with Gasteiger partial charge < -0.3 is 10.3 Å². The SMILES string of the molecule is Cc1ccsc1-c1nc(C2(N)CCCC(C)C2)no1. The highest BCUT2D eigenvalue weighted by Crippen LogP contribution is 2.37. The van der Waals surface area contributed by atoms with Crippen molar-refractivity contribution < 1.29 is 4.52 Å². The quantitative estimate of drug-likeness (QED) is 0.912. The van der Waals surface area contributed by atoms with Crippen molar-refractivity contribution in [2.75, 3.05) is 0 Å². The number of rotatable bonds is 2. The van der Waals surface area contributed by atoms with Crippen LogP contribution in [0.3, 0.4) is 0 Å². The summed E-state index contributed by atoms with van der Waals surface area (Å²) in [6.45, 7) is 4.29. The molecule has 5 heteroatoms. The summed E-state index contributed by atoms with van der Waals surface area (Å²) in [5.41, 5.74) is 7.25. The molecule has 0 amide bonds. The molecule has 102 valence electrons. The van der Waals surface area contributed by atoms with Gasteiger partial charge in [0.1, 0.15) is 0 Å². The van der Waals surface area contributed by atoms with Crippen molar-refractivity contribution >= 4 is 11.3 Å². The number of hydrogen-bond donors (Lipinski definition) is 1. The van der Waals surface area contributed by atoms with Crippen molar-refractivity contribution in [3.05, 3.63) is 22.8 Å². The van der Waals surface area contributed by atoms with E-state index in [9.17, 15) is 0 Å². The van der Waals surface area contributed by atoms with E-state index in [0.29, 0.717) is 17.6 Å². The number of nitrogens with zero attached hydrogens (tertiary/aromatic N) is 2. The molecule has 0 aliphatic heterocycles. The molecule has 0 bridgehead atoms. The summed E-state index contributed by atoms with van der Waals surface area (Å²) in [4.78, 5) is 5.60. The minimum absolute atomic E-state index is 0.412. The van der Waals surface area contributed by atoms with Crippen LogP contribution in [0.15, 0.2) is 16.0 Å². The highest BCUT2D eigenvalue weighted by atomic mass is 32.1. The Kier molecular flexibility index (Phi) is 3.19. The van der Waals surface area contributed by atoms with Crippen molar-refractivity contribution in [3.63, 3.8) is 0 Å². The predicted molar refractivity (Wildman–Crippen MR) is 75.8 cm³/mol. The van der Waals surface area contributed by atoms with Crippen LogP contribution in [0.1, 0.15) is 44.0 Å². The first-order valence-corrected chi connectivity index (χ1v) is 7.64. The van der Waals surface area contributed by atoms with Crippen molar-refractivity contribution in [2.24, 2.45) is 11.7 Å². The van der Waals surface area contributed by atoms with Crippen molar-refractivity contribution in [1.29, 1.82) is 0 Å². The van der Waals surface area contributed by atoms with Gasteiger partial charge in [0.05, 0.1) is 10.4 Å². The predicted octanol–water partition coefficient (Wildman–Crippen LogP) is 3.47. The zero-order valence-electron chi connectivity index (χ0n) is 11.3. The third kappa shape index (κ3) is 2.32. The maximum atomic E-state index is 6.49. The molecule has 3 rings (SSSR count). The van der Waals surface area contributed by atoms with Gasteiger partial charge >= 0.3 is 0 Å². The molecule has 0 spiro atoms. The largest absolute Gasteiger partial charge is 0.333 e. The molecular formula is C14H19N3OS. The fourth-order valence-corrected chi connectivity index (χ4v) is 3.75. The molecule has 4 nitrogen and oxygen atoms in total. The Morgan fingerprint density at radius 3 is 3.05 bits per heavy atom. The Morgan fingerprint density at radius 2 is 2.37 bits per heavy atom. The van der Waals surface area contributed by atoms with Crippen LogP contribution in [0.2, 0.25) is 0 Å². The van der Waals surface area contributed by atoms with E-state index in [1.165, 1.54) is 12.0 Å². The molecule has 0 radical (unpaired) electrons. The molecule has 0 aromatic carbocycles. The topological polar surface area (TPSA) is 64.9 Å². The van der Waals surface area contributed by atoms with Crippen LogP contribution in [-0.2, 0) is 5.54 Å². The van der Waals surface area contributed by atoms with Gasteiger partial charge in [0, 0.05) is 0 Å². The minimum atomic E-state index is -0.412. The highest BCUT2D eigenvalue weighted by Gasteiger charge is 2.37. The van der Waals surface area contributed by atoms with E-state index in [1.54, 1.807) is 11.3 Å². The molecular weight excluding hydrogens is 258 g/mol. The zero-order chi connectivity index (χ0) is 13.5. The van der Waals surface area contributed by atoms with Gasteiger partial charge in [0.2, 0.25) is 0 Å². The number of aromatic nitrogens is 2. The van der Waals surface area contributed by atoms with Gasteiger partial charge in [-0.05, 0) is 42.7 Å². The molecule has 2 aromatic heterocycles. The Hall–Kier alpha value is -1.20. The molecule has 0 saturated heterocycles. The molecule has 1 fully saturated rings. The summed E-state index contributed by atoms with van der Waals surface area (Å²) >= 11 is 1.63. The highest BCUT2D eigenvalue weighted by molar-refractivity contribution is 7.13. The van der Waals surface area contributed by atoms with Crippen LogP contribution in [-0.4, -0.2) is 10.1 Å². The van der Waals surface area contributed by atoms with Crippen LogP contribution < -0.4 is 5.73 Å². The molecule has 2 unspecified atom stereocenters. The van der Waals surface area contributed by atoms with E-state index in [4.69, 9.17) is 10.3 Å². The lowest BCUT2D eigenvalue weighted by atomic mass is 9.76. The van der Waals surface area contributed by atoms with Crippen LogP contribution in [0, 0.1) is 12.8 Å². The summed E-state index contributed by atoms with van der Waals surface area (Å²) in [7, 11) is 0. The van der Waals surface area contributed by atoms with Gasteiger partial charge in [0.25, 0.3) is 5.89 Å². The summed E-state index contributed by atoms with van der Waals surface area (Å²) < 4.78 is 5.41. The van der Waals surface area contributed by atoms with Crippen molar-refractivity contribution in [3.8, 4) is 10.8 Å². The molecule has 1 aliphatic carbocycles. The van der Waals surface area contributed by atoms with Gasteiger partial charge in [-0.2, -0.15) is 4.98 Å². The Morgan fingerprint density at radius 1 is 1.53 bits per heavy atom. The van der Waals surface area contributed by atoms with E-state index in [-0.39, 0.29) is 0 Å². The second kappa shape index (κ2) is 4.72. The zero-order valence-corrected chi connectivity index (χ0v) is 12.2. The lowest BCUT2D eigenvalue weighted by Crippen LogP contribution is -2.42. The number of aryl methyl sites for hydroxylation is 1. The molecule has 1 aliphatic rings. The third-order valence-corrected chi connectivity index (χ3v) is 4.96. The van der Waals surface area contributed by atoms with Gasteiger partial charge in [-0.25, -0.2) is 0 Å².